The van der Waals surface area contributed by atoms with Crippen LogP contribution in [0.3, 0.4) is 0 Å². The highest BCUT2D eigenvalue weighted by Gasteiger charge is 2.21. The molecule has 116 valence electrons. The van der Waals surface area contributed by atoms with Crippen molar-refractivity contribution in [2.45, 2.75) is 38.7 Å². The second-order valence-electron chi connectivity index (χ2n) is 5.70. The maximum atomic E-state index is 13.7. The SMILES string of the molecule is CC(C)(C)OC(=O)NCC(CC(=O)O)c1ccccc1F. The summed E-state index contributed by atoms with van der Waals surface area (Å²) in [5.74, 6) is -2.21. The van der Waals surface area contributed by atoms with Crippen LogP contribution in [0.2, 0.25) is 0 Å². The van der Waals surface area contributed by atoms with Gasteiger partial charge >= 0.3 is 12.1 Å². The van der Waals surface area contributed by atoms with E-state index in [4.69, 9.17) is 9.84 Å². The van der Waals surface area contributed by atoms with Gasteiger partial charge in [-0.2, -0.15) is 0 Å². The molecular weight excluding hydrogens is 277 g/mol. The lowest BCUT2D eigenvalue weighted by atomic mass is 9.95. The Morgan fingerprint density at radius 3 is 2.48 bits per heavy atom. The molecule has 2 N–H and O–H groups in total. The highest BCUT2D eigenvalue weighted by atomic mass is 19.1. The fraction of sp³-hybridized carbons (Fsp3) is 0.467. The van der Waals surface area contributed by atoms with Gasteiger partial charge in [-0.15, -0.1) is 0 Å². The molecule has 0 spiro atoms. The van der Waals surface area contributed by atoms with E-state index in [0.717, 1.165) is 0 Å². The summed E-state index contributed by atoms with van der Waals surface area (Å²) in [7, 11) is 0. The number of amides is 1. The molecule has 0 aliphatic carbocycles. The number of ether oxygens (including phenoxy) is 1. The molecule has 0 aliphatic heterocycles. The predicted molar refractivity (Wildman–Crippen MR) is 75.6 cm³/mol. The lowest BCUT2D eigenvalue weighted by molar-refractivity contribution is -0.137. The van der Waals surface area contributed by atoms with Gasteiger partial charge in [0.05, 0.1) is 6.42 Å². The number of aliphatic carboxylic acids is 1. The van der Waals surface area contributed by atoms with Gasteiger partial charge in [0, 0.05) is 12.5 Å². The molecule has 1 atom stereocenters. The molecule has 0 aromatic heterocycles. The van der Waals surface area contributed by atoms with Crippen LogP contribution in [0, 0.1) is 5.82 Å². The minimum atomic E-state index is -1.06. The molecule has 1 rings (SSSR count). The van der Waals surface area contributed by atoms with Crippen LogP contribution < -0.4 is 5.32 Å². The number of carboxylic acid groups (broad SMARTS) is 1. The Morgan fingerprint density at radius 1 is 1.33 bits per heavy atom. The Hall–Kier alpha value is -2.11. The summed E-state index contributed by atoms with van der Waals surface area (Å²) < 4.78 is 18.8. The van der Waals surface area contributed by atoms with E-state index in [1.807, 2.05) is 0 Å². The number of alkyl carbamates (subject to hydrolysis) is 1. The molecule has 0 saturated carbocycles. The number of nitrogens with one attached hydrogen (secondary N) is 1. The van der Waals surface area contributed by atoms with Gasteiger partial charge in [0.2, 0.25) is 0 Å². The Kier molecular flexibility index (Phi) is 5.69. The second kappa shape index (κ2) is 7.06. The number of halogens is 1. The summed E-state index contributed by atoms with van der Waals surface area (Å²) >= 11 is 0. The van der Waals surface area contributed by atoms with Crippen molar-refractivity contribution in [3.05, 3.63) is 35.6 Å². The number of carbonyl (C=O) groups is 2. The van der Waals surface area contributed by atoms with E-state index >= 15 is 0 Å². The Morgan fingerprint density at radius 2 is 1.95 bits per heavy atom. The maximum Gasteiger partial charge on any atom is 0.407 e. The number of rotatable bonds is 5. The quantitative estimate of drug-likeness (QED) is 0.876. The first kappa shape index (κ1) is 16.9. The number of carbonyl (C=O) groups excluding carboxylic acids is 1. The first-order chi connectivity index (χ1) is 9.69. The topological polar surface area (TPSA) is 75.6 Å². The molecule has 21 heavy (non-hydrogen) atoms. The van der Waals surface area contributed by atoms with E-state index < -0.39 is 29.4 Å². The fourth-order valence-electron chi connectivity index (χ4n) is 1.83. The molecule has 1 unspecified atom stereocenters. The molecule has 0 aliphatic rings. The van der Waals surface area contributed by atoms with E-state index in [-0.39, 0.29) is 18.5 Å². The van der Waals surface area contributed by atoms with Gasteiger partial charge in [-0.3, -0.25) is 4.79 Å². The van der Waals surface area contributed by atoms with Crippen molar-refractivity contribution in [2.24, 2.45) is 0 Å². The Labute approximate surface area is 123 Å². The standard InChI is InChI=1S/C15H20FNO4/c1-15(2,3)21-14(20)17-9-10(8-13(18)19)11-6-4-5-7-12(11)16/h4-7,10H,8-9H2,1-3H3,(H,17,20)(H,18,19). The minimum Gasteiger partial charge on any atom is -0.481 e. The van der Waals surface area contributed by atoms with Crippen LogP contribution in [0.25, 0.3) is 0 Å². The third-order valence-corrected chi connectivity index (χ3v) is 2.66. The van der Waals surface area contributed by atoms with Crippen molar-refractivity contribution >= 4 is 12.1 Å². The summed E-state index contributed by atoms with van der Waals surface area (Å²) in [4.78, 5) is 22.5. The number of carboxylic acids is 1. The normalized spacial score (nSPS) is 12.6. The Bertz CT molecular complexity index is 511. The molecule has 0 bridgehead atoms. The van der Waals surface area contributed by atoms with E-state index in [1.165, 1.54) is 18.2 Å². The zero-order valence-electron chi connectivity index (χ0n) is 12.4. The van der Waals surface area contributed by atoms with Crippen molar-refractivity contribution in [3.63, 3.8) is 0 Å². The van der Waals surface area contributed by atoms with Gasteiger partial charge in [-0.05, 0) is 32.4 Å². The molecule has 6 heteroatoms. The molecule has 0 radical (unpaired) electrons. The van der Waals surface area contributed by atoms with Crippen LogP contribution in [0.15, 0.2) is 24.3 Å². The second-order valence-corrected chi connectivity index (χ2v) is 5.70. The fourth-order valence-corrected chi connectivity index (χ4v) is 1.83. The van der Waals surface area contributed by atoms with Crippen molar-refractivity contribution in [3.8, 4) is 0 Å². The molecule has 1 aromatic rings. The first-order valence-electron chi connectivity index (χ1n) is 6.62. The summed E-state index contributed by atoms with van der Waals surface area (Å²) in [5.41, 5.74) is -0.388. The molecule has 0 fully saturated rings. The molecular formula is C15H20FNO4. The summed E-state index contributed by atoms with van der Waals surface area (Å²) in [6.45, 7) is 5.15. The third kappa shape index (κ3) is 6.25. The highest BCUT2D eigenvalue weighted by Crippen LogP contribution is 2.22. The smallest absolute Gasteiger partial charge is 0.407 e. The van der Waals surface area contributed by atoms with Crippen molar-refractivity contribution in [2.75, 3.05) is 6.54 Å². The van der Waals surface area contributed by atoms with Crippen molar-refractivity contribution in [1.82, 2.24) is 5.32 Å². The van der Waals surface area contributed by atoms with Gasteiger partial charge in [0.25, 0.3) is 0 Å². The highest BCUT2D eigenvalue weighted by molar-refractivity contribution is 5.69. The van der Waals surface area contributed by atoms with E-state index in [2.05, 4.69) is 5.32 Å². The third-order valence-electron chi connectivity index (χ3n) is 2.66. The molecule has 1 aromatic carbocycles. The van der Waals surface area contributed by atoms with E-state index in [1.54, 1.807) is 26.8 Å². The van der Waals surface area contributed by atoms with Crippen molar-refractivity contribution < 1.29 is 23.8 Å². The first-order valence-corrected chi connectivity index (χ1v) is 6.62. The molecule has 0 heterocycles. The molecule has 0 saturated heterocycles. The lowest BCUT2D eigenvalue weighted by Crippen LogP contribution is -2.35. The number of hydrogen-bond donors (Lipinski definition) is 2. The largest absolute Gasteiger partial charge is 0.481 e. The minimum absolute atomic E-state index is 0.0118. The Balaban J connectivity index is 2.74. The monoisotopic (exact) mass is 297 g/mol. The van der Waals surface area contributed by atoms with Crippen LogP contribution in [-0.4, -0.2) is 29.3 Å². The average Bonchev–Trinajstić information content (AvgIpc) is 2.32. The summed E-state index contributed by atoms with van der Waals surface area (Å²) in [6, 6.07) is 5.93. The molecule has 5 nitrogen and oxygen atoms in total. The predicted octanol–water partition coefficient (Wildman–Crippen LogP) is 2.91. The maximum absolute atomic E-state index is 13.7. The van der Waals surface area contributed by atoms with Crippen LogP contribution in [0.5, 0.6) is 0 Å². The van der Waals surface area contributed by atoms with Crippen LogP contribution >= 0.6 is 0 Å². The van der Waals surface area contributed by atoms with E-state index in [9.17, 15) is 14.0 Å². The van der Waals surface area contributed by atoms with Crippen LogP contribution in [0.1, 0.15) is 38.7 Å². The van der Waals surface area contributed by atoms with E-state index in [0.29, 0.717) is 0 Å². The average molecular weight is 297 g/mol. The van der Waals surface area contributed by atoms with Gasteiger partial charge in [0.1, 0.15) is 11.4 Å². The van der Waals surface area contributed by atoms with Gasteiger partial charge in [-0.1, -0.05) is 18.2 Å². The van der Waals surface area contributed by atoms with Crippen LogP contribution in [0.4, 0.5) is 9.18 Å². The lowest BCUT2D eigenvalue weighted by Gasteiger charge is -2.21. The van der Waals surface area contributed by atoms with Gasteiger partial charge in [-0.25, -0.2) is 9.18 Å². The summed E-state index contributed by atoms with van der Waals surface area (Å²) in [6.07, 6.45) is -0.939. The number of benzene rings is 1. The zero-order valence-corrected chi connectivity index (χ0v) is 12.4. The zero-order chi connectivity index (χ0) is 16.0. The summed E-state index contributed by atoms with van der Waals surface area (Å²) in [5, 5.41) is 11.4. The van der Waals surface area contributed by atoms with Gasteiger partial charge in [0.15, 0.2) is 0 Å². The van der Waals surface area contributed by atoms with Crippen molar-refractivity contribution in [1.29, 1.82) is 0 Å². The molecule has 1 amide bonds. The van der Waals surface area contributed by atoms with Gasteiger partial charge < -0.3 is 15.2 Å². The number of hydrogen-bond acceptors (Lipinski definition) is 3. The van der Waals surface area contributed by atoms with Crippen LogP contribution in [-0.2, 0) is 9.53 Å².